The Labute approximate surface area is 171 Å². The van der Waals surface area contributed by atoms with Gasteiger partial charge in [-0.3, -0.25) is 5.32 Å². The van der Waals surface area contributed by atoms with Crippen LogP contribution in [0.15, 0.2) is 30.5 Å². The van der Waals surface area contributed by atoms with E-state index in [0.717, 1.165) is 28.9 Å². The van der Waals surface area contributed by atoms with Crippen molar-refractivity contribution in [1.82, 2.24) is 4.98 Å². The van der Waals surface area contributed by atoms with Crippen molar-refractivity contribution in [1.29, 1.82) is 0 Å². The Hall–Kier alpha value is -2.80. The zero-order chi connectivity index (χ0) is 21.0. The SMILES string of the molecule is CCOC(=O)Nc1cc2c(cn1)OCc1cc(OCC(C)(N)CC(C)C)ccc1-2. The van der Waals surface area contributed by atoms with Gasteiger partial charge in [0.1, 0.15) is 30.5 Å². The van der Waals surface area contributed by atoms with Gasteiger partial charge >= 0.3 is 6.09 Å². The van der Waals surface area contributed by atoms with E-state index < -0.39 is 6.09 Å². The summed E-state index contributed by atoms with van der Waals surface area (Å²) in [7, 11) is 0. The van der Waals surface area contributed by atoms with Crippen LogP contribution in [-0.4, -0.2) is 29.8 Å². The normalized spacial score (nSPS) is 14.3. The lowest BCUT2D eigenvalue weighted by molar-refractivity contribution is 0.168. The van der Waals surface area contributed by atoms with Gasteiger partial charge in [0.05, 0.1) is 12.8 Å². The molecule has 2 aromatic rings. The number of amides is 1. The number of aromatic nitrogens is 1. The number of ether oxygens (including phenoxy) is 3. The third kappa shape index (κ3) is 5.38. The summed E-state index contributed by atoms with van der Waals surface area (Å²) >= 11 is 0. The molecule has 1 atom stereocenters. The first-order valence-electron chi connectivity index (χ1n) is 9.89. The molecule has 2 heterocycles. The predicted molar refractivity (Wildman–Crippen MR) is 112 cm³/mol. The smallest absolute Gasteiger partial charge is 0.412 e. The summed E-state index contributed by atoms with van der Waals surface area (Å²) < 4.78 is 16.7. The van der Waals surface area contributed by atoms with Gasteiger partial charge in [-0.1, -0.05) is 19.9 Å². The Bertz CT molecular complexity index is 880. The second-order valence-corrected chi connectivity index (χ2v) is 8.06. The van der Waals surface area contributed by atoms with Gasteiger partial charge in [0, 0.05) is 16.7 Å². The molecule has 0 saturated heterocycles. The van der Waals surface area contributed by atoms with Gasteiger partial charge in [-0.15, -0.1) is 0 Å². The maximum atomic E-state index is 11.7. The molecule has 0 radical (unpaired) electrons. The van der Waals surface area contributed by atoms with Crippen molar-refractivity contribution in [2.75, 3.05) is 18.5 Å². The molecule has 1 aliphatic heterocycles. The number of nitrogens with zero attached hydrogens (tertiary/aromatic N) is 1. The highest BCUT2D eigenvalue weighted by Crippen LogP contribution is 2.39. The van der Waals surface area contributed by atoms with Crippen molar-refractivity contribution in [3.8, 4) is 22.6 Å². The molecule has 7 heteroatoms. The number of rotatable bonds is 7. The summed E-state index contributed by atoms with van der Waals surface area (Å²) in [6, 6.07) is 7.68. The first-order chi connectivity index (χ1) is 13.8. The molecule has 0 spiro atoms. The molecular formula is C22H29N3O4. The number of anilines is 1. The maximum absolute atomic E-state index is 11.7. The standard InChI is InChI=1S/C22H29N3O4/c1-5-27-21(26)25-20-9-18-17-7-6-16(29-13-22(4,23)10-14(2)3)8-15(17)12-28-19(18)11-24-20/h6-9,11,14H,5,10,12-13,23H2,1-4H3,(H,24,25,26). The lowest BCUT2D eigenvalue weighted by Gasteiger charge is -2.27. The van der Waals surface area contributed by atoms with Gasteiger partial charge < -0.3 is 19.9 Å². The van der Waals surface area contributed by atoms with Crippen LogP contribution in [0.5, 0.6) is 11.5 Å². The van der Waals surface area contributed by atoms with E-state index in [0.29, 0.717) is 37.3 Å². The summed E-state index contributed by atoms with van der Waals surface area (Å²) in [6.45, 7) is 9.23. The van der Waals surface area contributed by atoms with E-state index in [-0.39, 0.29) is 5.54 Å². The summed E-state index contributed by atoms with van der Waals surface area (Å²) in [5.41, 5.74) is 8.85. The van der Waals surface area contributed by atoms with Gasteiger partial charge in [0.25, 0.3) is 0 Å². The molecule has 156 valence electrons. The highest BCUT2D eigenvalue weighted by molar-refractivity contribution is 5.86. The number of pyridine rings is 1. The minimum Gasteiger partial charge on any atom is -0.492 e. The molecule has 1 aliphatic rings. The minimum atomic E-state index is -0.535. The van der Waals surface area contributed by atoms with Crippen LogP contribution >= 0.6 is 0 Å². The molecular weight excluding hydrogens is 370 g/mol. The minimum absolute atomic E-state index is 0.296. The quantitative estimate of drug-likeness (QED) is 0.718. The molecule has 0 aliphatic carbocycles. The van der Waals surface area contributed by atoms with Crippen molar-refractivity contribution in [2.45, 2.75) is 46.3 Å². The number of fused-ring (bicyclic) bond motifs is 3. The second-order valence-electron chi connectivity index (χ2n) is 8.06. The number of hydrogen-bond acceptors (Lipinski definition) is 6. The third-order valence-electron chi connectivity index (χ3n) is 4.57. The number of carbonyl (C=O) groups excluding carboxylic acids is 1. The van der Waals surface area contributed by atoms with Crippen LogP contribution in [0.2, 0.25) is 0 Å². The zero-order valence-corrected chi connectivity index (χ0v) is 17.5. The van der Waals surface area contributed by atoms with E-state index in [4.69, 9.17) is 19.9 Å². The Kier molecular flexibility index (Phi) is 6.27. The molecule has 1 amide bonds. The highest BCUT2D eigenvalue weighted by Gasteiger charge is 2.23. The number of nitrogens with two attached hydrogens (primary N) is 1. The molecule has 3 rings (SSSR count). The largest absolute Gasteiger partial charge is 0.492 e. The first kappa shape index (κ1) is 20.9. The van der Waals surface area contributed by atoms with Crippen LogP contribution in [0.25, 0.3) is 11.1 Å². The molecule has 1 aromatic heterocycles. The fourth-order valence-corrected chi connectivity index (χ4v) is 3.55. The highest BCUT2D eigenvalue weighted by atomic mass is 16.5. The number of hydrogen-bond donors (Lipinski definition) is 2. The summed E-state index contributed by atoms with van der Waals surface area (Å²) in [6.07, 6.45) is 1.96. The van der Waals surface area contributed by atoms with Gasteiger partial charge in [0.15, 0.2) is 0 Å². The zero-order valence-electron chi connectivity index (χ0n) is 17.5. The van der Waals surface area contributed by atoms with Crippen LogP contribution in [0.3, 0.4) is 0 Å². The van der Waals surface area contributed by atoms with E-state index in [1.165, 1.54) is 0 Å². The van der Waals surface area contributed by atoms with Crippen LogP contribution in [-0.2, 0) is 11.3 Å². The predicted octanol–water partition coefficient (Wildman–Crippen LogP) is 4.35. The molecule has 0 fully saturated rings. The second kappa shape index (κ2) is 8.69. The molecule has 3 N–H and O–H groups in total. The van der Waals surface area contributed by atoms with Crippen molar-refractivity contribution < 1.29 is 19.0 Å². The van der Waals surface area contributed by atoms with Gasteiger partial charge in [-0.2, -0.15) is 0 Å². The van der Waals surface area contributed by atoms with Gasteiger partial charge in [-0.25, -0.2) is 9.78 Å². The van der Waals surface area contributed by atoms with Crippen LogP contribution in [0.1, 0.15) is 39.7 Å². The van der Waals surface area contributed by atoms with E-state index >= 15 is 0 Å². The Morgan fingerprint density at radius 3 is 2.86 bits per heavy atom. The molecule has 29 heavy (non-hydrogen) atoms. The molecule has 0 bridgehead atoms. The third-order valence-corrected chi connectivity index (χ3v) is 4.57. The average Bonchev–Trinajstić information content (AvgIpc) is 2.65. The van der Waals surface area contributed by atoms with Gasteiger partial charge in [0.2, 0.25) is 0 Å². The van der Waals surface area contributed by atoms with Crippen molar-refractivity contribution >= 4 is 11.9 Å². The average molecular weight is 399 g/mol. The lowest BCUT2D eigenvalue weighted by atomic mass is 9.93. The molecule has 0 saturated carbocycles. The van der Waals surface area contributed by atoms with Crippen LogP contribution < -0.4 is 20.5 Å². The van der Waals surface area contributed by atoms with Crippen molar-refractivity contribution in [3.63, 3.8) is 0 Å². The summed E-state index contributed by atoms with van der Waals surface area (Å²) in [5, 5.41) is 2.62. The number of benzene rings is 1. The molecule has 1 unspecified atom stereocenters. The Morgan fingerprint density at radius 2 is 2.14 bits per heavy atom. The van der Waals surface area contributed by atoms with E-state index in [9.17, 15) is 4.79 Å². The van der Waals surface area contributed by atoms with Crippen LogP contribution in [0, 0.1) is 5.92 Å². The summed E-state index contributed by atoms with van der Waals surface area (Å²) in [4.78, 5) is 15.9. The van der Waals surface area contributed by atoms with Gasteiger partial charge in [-0.05, 0) is 49.9 Å². The topological polar surface area (TPSA) is 95.7 Å². The molecule has 1 aromatic carbocycles. The number of nitrogens with one attached hydrogen (secondary N) is 1. The monoisotopic (exact) mass is 399 g/mol. The van der Waals surface area contributed by atoms with E-state index in [1.54, 1.807) is 19.2 Å². The Morgan fingerprint density at radius 1 is 1.34 bits per heavy atom. The van der Waals surface area contributed by atoms with Crippen molar-refractivity contribution in [3.05, 3.63) is 36.0 Å². The fourth-order valence-electron chi connectivity index (χ4n) is 3.55. The fraction of sp³-hybridized carbons (Fsp3) is 0.455. The van der Waals surface area contributed by atoms with E-state index in [1.807, 2.05) is 25.1 Å². The summed E-state index contributed by atoms with van der Waals surface area (Å²) in [5.74, 6) is 2.35. The maximum Gasteiger partial charge on any atom is 0.412 e. The lowest BCUT2D eigenvalue weighted by Crippen LogP contribution is -2.43. The van der Waals surface area contributed by atoms with Crippen LogP contribution in [0.4, 0.5) is 10.6 Å². The number of carbonyl (C=O) groups is 1. The Balaban J connectivity index is 1.77. The van der Waals surface area contributed by atoms with E-state index in [2.05, 4.69) is 24.1 Å². The van der Waals surface area contributed by atoms with Crippen molar-refractivity contribution in [2.24, 2.45) is 11.7 Å². The molecule has 7 nitrogen and oxygen atoms in total. The first-order valence-corrected chi connectivity index (χ1v) is 9.89.